The van der Waals surface area contributed by atoms with E-state index in [4.69, 9.17) is 0 Å². The summed E-state index contributed by atoms with van der Waals surface area (Å²) in [6.45, 7) is 3.44. The molecule has 0 aliphatic carbocycles. The summed E-state index contributed by atoms with van der Waals surface area (Å²) in [5.74, 6) is -1.25. The number of hydrogen-bond donors (Lipinski definition) is 2. The van der Waals surface area contributed by atoms with Gasteiger partial charge in [-0.2, -0.15) is 0 Å². The van der Waals surface area contributed by atoms with E-state index < -0.39 is 17.3 Å². The average Bonchev–Trinajstić information content (AvgIpc) is 2.42. The van der Waals surface area contributed by atoms with Gasteiger partial charge in [0, 0.05) is 11.3 Å². The fourth-order valence-electron chi connectivity index (χ4n) is 1.85. The average molecular weight is 209 g/mol. The zero-order valence-electron chi connectivity index (χ0n) is 8.54. The van der Waals surface area contributed by atoms with Crippen LogP contribution in [0.5, 0.6) is 0 Å². The molecule has 1 aromatic carbocycles. The minimum Gasteiger partial charge on any atom is -0.375 e. The first-order valence-corrected chi connectivity index (χ1v) is 4.80. The number of amides is 1. The van der Waals surface area contributed by atoms with Crippen molar-refractivity contribution in [2.45, 2.75) is 19.4 Å². The summed E-state index contributed by atoms with van der Waals surface area (Å²) < 4.78 is 13.0. The van der Waals surface area contributed by atoms with Crippen molar-refractivity contribution in [2.24, 2.45) is 5.92 Å². The van der Waals surface area contributed by atoms with Gasteiger partial charge in [-0.05, 0) is 24.1 Å². The Morgan fingerprint density at radius 3 is 2.73 bits per heavy atom. The molecule has 0 radical (unpaired) electrons. The van der Waals surface area contributed by atoms with Gasteiger partial charge >= 0.3 is 0 Å². The van der Waals surface area contributed by atoms with Gasteiger partial charge in [-0.15, -0.1) is 0 Å². The van der Waals surface area contributed by atoms with E-state index in [9.17, 15) is 14.3 Å². The summed E-state index contributed by atoms with van der Waals surface area (Å²) >= 11 is 0. The Bertz CT molecular complexity index is 431. The molecular formula is C11H12FNO2. The lowest BCUT2D eigenvalue weighted by Crippen LogP contribution is -2.39. The van der Waals surface area contributed by atoms with Crippen LogP contribution in [-0.2, 0) is 10.4 Å². The van der Waals surface area contributed by atoms with Crippen LogP contribution in [0, 0.1) is 11.7 Å². The minimum atomic E-state index is -1.61. The molecule has 0 spiro atoms. The molecule has 15 heavy (non-hydrogen) atoms. The second-order valence-electron chi connectivity index (χ2n) is 4.07. The fourth-order valence-corrected chi connectivity index (χ4v) is 1.85. The SMILES string of the molecule is CC(C)C1(O)C(=O)Nc2ccc(F)cc21. The van der Waals surface area contributed by atoms with Crippen LogP contribution in [0.25, 0.3) is 0 Å². The van der Waals surface area contributed by atoms with Crippen molar-refractivity contribution in [2.75, 3.05) is 5.32 Å². The number of nitrogens with one attached hydrogen (secondary N) is 1. The molecule has 1 unspecified atom stereocenters. The van der Waals surface area contributed by atoms with Crippen molar-refractivity contribution in [1.29, 1.82) is 0 Å². The summed E-state index contributed by atoms with van der Waals surface area (Å²) in [7, 11) is 0. The second-order valence-corrected chi connectivity index (χ2v) is 4.07. The summed E-state index contributed by atoms with van der Waals surface area (Å²) in [6.07, 6.45) is 0. The predicted molar refractivity (Wildman–Crippen MR) is 53.8 cm³/mol. The summed E-state index contributed by atoms with van der Waals surface area (Å²) in [5.41, 5.74) is -0.808. The van der Waals surface area contributed by atoms with Gasteiger partial charge in [0.25, 0.3) is 5.91 Å². The van der Waals surface area contributed by atoms with Crippen LogP contribution in [0.4, 0.5) is 10.1 Å². The number of anilines is 1. The molecule has 1 atom stereocenters. The van der Waals surface area contributed by atoms with E-state index in [1.54, 1.807) is 13.8 Å². The third-order valence-corrected chi connectivity index (χ3v) is 2.82. The Morgan fingerprint density at radius 1 is 1.47 bits per heavy atom. The summed E-state index contributed by atoms with van der Waals surface area (Å²) in [6, 6.07) is 3.92. The minimum absolute atomic E-state index is 0.305. The largest absolute Gasteiger partial charge is 0.375 e. The van der Waals surface area contributed by atoms with E-state index in [2.05, 4.69) is 5.32 Å². The van der Waals surface area contributed by atoms with Gasteiger partial charge in [-0.1, -0.05) is 13.8 Å². The predicted octanol–water partition coefficient (Wildman–Crippen LogP) is 1.62. The van der Waals surface area contributed by atoms with Gasteiger partial charge in [0.15, 0.2) is 5.60 Å². The van der Waals surface area contributed by atoms with Crippen molar-refractivity contribution >= 4 is 11.6 Å². The molecule has 0 saturated carbocycles. The molecule has 1 aliphatic rings. The quantitative estimate of drug-likeness (QED) is 0.738. The molecule has 80 valence electrons. The number of carbonyl (C=O) groups is 1. The van der Waals surface area contributed by atoms with E-state index in [1.165, 1.54) is 18.2 Å². The van der Waals surface area contributed by atoms with Crippen LogP contribution in [0.3, 0.4) is 0 Å². The van der Waals surface area contributed by atoms with Gasteiger partial charge < -0.3 is 10.4 Å². The number of hydrogen-bond acceptors (Lipinski definition) is 2. The molecule has 1 aromatic rings. The molecule has 0 saturated heterocycles. The normalized spacial score (nSPS) is 24.2. The van der Waals surface area contributed by atoms with E-state index in [0.717, 1.165) is 0 Å². The van der Waals surface area contributed by atoms with Crippen molar-refractivity contribution in [3.63, 3.8) is 0 Å². The zero-order chi connectivity index (χ0) is 11.2. The third kappa shape index (κ3) is 1.25. The lowest BCUT2D eigenvalue weighted by atomic mass is 9.84. The molecule has 3 nitrogen and oxygen atoms in total. The zero-order valence-corrected chi connectivity index (χ0v) is 8.54. The maximum Gasteiger partial charge on any atom is 0.261 e. The molecule has 2 rings (SSSR count). The van der Waals surface area contributed by atoms with Gasteiger partial charge in [-0.3, -0.25) is 4.79 Å². The third-order valence-electron chi connectivity index (χ3n) is 2.82. The number of rotatable bonds is 1. The Hall–Kier alpha value is -1.42. The lowest BCUT2D eigenvalue weighted by molar-refractivity contribution is -0.138. The van der Waals surface area contributed by atoms with E-state index in [-0.39, 0.29) is 5.92 Å². The number of halogens is 1. The standard InChI is InChI=1S/C11H12FNO2/c1-6(2)11(15)8-5-7(12)3-4-9(8)13-10(11)14/h3-6,15H,1-2H3,(H,13,14). The highest BCUT2D eigenvalue weighted by molar-refractivity contribution is 6.05. The molecular weight excluding hydrogens is 197 g/mol. The highest BCUT2D eigenvalue weighted by Gasteiger charge is 2.47. The van der Waals surface area contributed by atoms with Crippen LogP contribution in [-0.4, -0.2) is 11.0 Å². The number of aliphatic hydroxyl groups is 1. The summed E-state index contributed by atoms with van der Waals surface area (Å²) in [5, 5.41) is 12.8. The van der Waals surface area contributed by atoms with Crippen LogP contribution in [0.2, 0.25) is 0 Å². The molecule has 2 N–H and O–H groups in total. The first-order chi connectivity index (χ1) is 6.96. The number of benzene rings is 1. The molecule has 1 amide bonds. The molecule has 1 aliphatic heterocycles. The Balaban J connectivity index is 2.63. The van der Waals surface area contributed by atoms with Crippen LogP contribution in [0.1, 0.15) is 19.4 Å². The van der Waals surface area contributed by atoms with Crippen molar-refractivity contribution in [3.8, 4) is 0 Å². The smallest absolute Gasteiger partial charge is 0.261 e. The maximum atomic E-state index is 13.0. The van der Waals surface area contributed by atoms with Crippen LogP contribution >= 0.6 is 0 Å². The lowest BCUT2D eigenvalue weighted by Gasteiger charge is -2.24. The Kier molecular flexibility index (Phi) is 2.04. The van der Waals surface area contributed by atoms with Crippen molar-refractivity contribution in [3.05, 3.63) is 29.6 Å². The molecule has 0 bridgehead atoms. The molecule has 0 aromatic heterocycles. The van der Waals surface area contributed by atoms with Gasteiger partial charge in [0.1, 0.15) is 5.82 Å². The Morgan fingerprint density at radius 2 is 2.13 bits per heavy atom. The van der Waals surface area contributed by atoms with Crippen LogP contribution < -0.4 is 5.32 Å². The highest BCUT2D eigenvalue weighted by Crippen LogP contribution is 2.40. The molecule has 1 heterocycles. The molecule has 4 heteroatoms. The van der Waals surface area contributed by atoms with Gasteiger partial charge in [-0.25, -0.2) is 4.39 Å². The molecule has 0 fully saturated rings. The van der Waals surface area contributed by atoms with Gasteiger partial charge in [0.05, 0.1) is 0 Å². The van der Waals surface area contributed by atoms with Crippen LogP contribution in [0.15, 0.2) is 18.2 Å². The first kappa shape index (κ1) is 10.1. The second kappa shape index (κ2) is 3.03. The van der Waals surface area contributed by atoms with E-state index >= 15 is 0 Å². The number of carbonyl (C=O) groups excluding carboxylic acids is 1. The topological polar surface area (TPSA) is 49.3 Å². The Labute approximate surface area is 86.9 Å². The van der Waals surface area contributed by atoms with Gasteiger partial charge in [0.2, 0.25) is 0 Å². The summed E-state index contributed by atoms with van der Waals surface area (Å²) in [4.78, 5) is 11.6. The first-order valence-electron chi connectivity index (χ1n) is 4.80. The maximum absolute atomic E-state index is 13.0. The highest BCUT2D eigenvalue weighted by atomic mass is 19.1. The van der Waals surface area contributed by atoms with E-state index in [1.807, 2.05) is 0 Å². The van der Waals surface area contributed by atoms with Crippen molar-refractivity contribution in [1.82, 2.24) is 0 Å². The van der Waals surface area contributed by atoms with Crippen molar-refractivity contribution < 1.29 is 14.3 Å². The fraction of sp³-hybridized carbons (Fsp3) is 0.364. The number of fused-ring (bicyclic) bond motifs is 1. The van der Waals surface area contributed by atoms with E-state index in [0.29, 0.717) is 11.3 Å². The monoisotopic (exact) mass is 209 g/mol.